The van der Waals surface area contributed by atoms with E-state index in [4.69, 9.17) is 14.7 Å². The Balaban J connectivity index is 2.36. The molecule has 0 atom stereocenters. The smallest absolute Gasteiger partial charge is 0.246 e. The largest absolute Gasteiger partial charge is 0.449 e. The normalized spacial score (nSPS) is 16.8. The van der Waals surface area contributed by atoms with Crippen LogP contribution in [0, 0.1) is 0 Å². The zero-order valence-corrected chi connectivity index (χ0v) is 10.1. The zero-order chi connectivity index (χ0) is 11.1. The van der Waals surface area contributed by atoms with Crippen LogP contribution in [-0.2, 0) is 6.54 Å². The standard InChI is InChI=1S/C10H12BrNO3/c1-10(2)14-8-3-6(5-12-13)7(11)4-9(8)15-10/h3-4,12-13H,5H2,1-2H3. The fraction of sp³-hybridized carbons (Fsp3) is 0.400. The van der Waals surface area contributed by atoms with Gasteiger partial charge in [0.25, 0.3) is 0 Å². The molecule has 5 heteroatoms. The van der Waals surface area contributed by atoms with Crippen LogP contribution in [0.15, 0.2) is 16.6 Å². The molecule has 82 valence electrons. The average molecular weight is 274 g/mol. The lowest BCUT2D eigenvalue weighted by Crippen LogP contribution is -2.29. The fourth-order valence-electron chi connectivity index (χ4n) is 1.51. The van der Waals surface area contributed by atoms with Crippen LogP contribution in [0.3, 0.4) is 0 Å². The second kappa shape index (κ2) is 3.66. The highest BCUT2D eigenvalue weighted by Crippen LogP contribution is 2.42. The third-order valence-electron chi connectivity index (χ3n) is 2.09. The summed E-state index contributed by atoms with van der Waals surface area (Å²) in [7, 11) is 0. The number of benzene rings is 1. The number of hydrogen-bond donors (Lipinski definition) is 2. The molecule has 4 nitrogen and oxygen atoms in total. The SMILES string of the molecule is CC1(C)Oc2cc(Br)c(CNO)cc2O1. The molecule has 0 amide bonds. The van der Waals surface area contributed by atoms with Gasteiger partial charge in [0.2, 0.25) is 5.79 Å². The molecule has 0 aromatic heterocycles. The molecule has 1 aromatic rings. The summed E-state index contributed by atoms with van der Waals surface area (Å²) in [5, 5.41) is 8.65. The van der Waals surface area contributed by atoms with E-state index in [0.717, 1.165) is 10.0 Å². The number of rotatable bonds is 2. The molecule has 0 spiro atoms. The van der Waals surface area contributed by atoms with Gasteiger partial charge in [-0.25, -0.2) is 5.48 Å². The van der Waals surface area contributed by atoms with Gasteiger partial charge in [-0.3, -0.25) is 0 Å². The first kappa shape index (κ1) is 10.7. The molecule has 2 rings (SSSR count). The van der Waals surface area contributed by atoms with Crippen LogP contribution in [0.25, 0.3) is 0 Å². The summed E-state index contributed by atoms with van der Waals surface area (Å²) >= 11 is 3.40. The Labute approximate surface area is 96.3 Å². The topological polar surface area (TPSA) is 50.7 Å². The van der Waals surface area contributed by atoms with Gasteiger partial charge in [0.15, 0.2) is 11.5 Å². The van der Waals surface area contributed by atoms with E-state index in [-0.39, 0.29) is 0 Å². The zero-order valence-electron chi connectivity index (χ0n) is 8.50. The van der Waals surface area contributed by atoms with Gasteiger partial charge in [0.05, 0.1) is 0 Å². The molecule has 0 saturated carbocycles. The van der Waals surface area contributed by atoms with Crippen LogP contribution in [-0.4, -0.2) is 11.0 Å². The summed E-state index contributed by atoms with van der Waals surface area (Å²) < 4.78 is 12.0. The minimum absolute atomic E-state index is 0.359. The van der Waals surface area contributed by atoms with Crippen LogP contribution in [0.5, 0.6) is 11.5 Å². The third kappa shape index (κ3) is 2.09. The van der Waals surface area contributed by atoms with Crippen LogP contribution < -0.4 is 15.0 Å². The Morgan fingerprint density at radius 3 is 2.53 bits per heavy atom. The Morgan fingerprint density at radius 2 is 1.93 bits per heavy atom. The highest BCUT2D eigenvalue weighted by atomic mass is 79.9. The van der Waals surface area contributed by atoms with Gasteiger partial charge in [0.1, 0.15) is 0 Å². The van der Waals surface area contributed by atoms with Crippen molar-refractivity contribution in [1.29, 1.82) is 0 Å². The summed E-state index contributed by atoms with van der Waals surface area (Å²) in [6, 6.07) is 3.69. The van der Waals surface area contributed by atoms with E-state index in [2.05, 4.69) is 21.4 Å². The minimum Gasteiger partial charge on any atom is -0.449 e. The molecule has 15 heavy (non-hydrogen) atoms. The van der Waals surface area contributed by atoms with Crippen LogP contribution in [0.4, 0.5) is 0 Å². The maximum absolute atomic E-state index is 8.65. The van der Waals surface area contributed by atoms with Crippen molar-refractivity contribution in [3.63, 3.8) is 0 Å². The van der Waals surface area contributed by atoms with E-state index in [0.29, 0.717) is 18.0 Å². The summed E-state index contributed by atoms with van der Waals surface area (Å²) in [5.74, 6) is 0.801. The molecule has 2 N–H and O–H groups in total. The average Bonchev–Trinajstić information content (AvgIpc) is 2.39. The Bertz CT molecular complexity index is 392. The van der Waals surface area contributed by atoms with E-state index in [1.54, 1.807) is 0 Å². The quantitative estimate of drug-likeness (QED) is 0.813. The van der Waals surface area contributed by atoms with Gasteiger partial charge in [-0.15, -0.1) is 0 Å². The van der Waals surface area contributed by atoms with E-state index in [1.807, 2.05) is 26.0 Å². The number of fused-ring (bicyclic) bond motifs is 1. The fourth-order valence-corrected chi connectivity index (χ4v) is 1.97. The third-order valence-corrected chi connectivity index (χ3v) is 2.83. The van der Waals surface area contributed by atoms with Crippen molar-refractivity contribution in [3.8, 4) is 11.5 Å². The number of ether oxygens (including phenoxy) is 2. The summed E-state index contributed by atoms with van der Waals surface area (Å²) in [5.41, 5.74) is 3.02. The van der Waals surface area contributed by atoms with E-state index >= 15 is 0 Å². The number of halogens is 1. The molecule has 0 fully saturated rings. The highest BCUT2D eigenvalue weighted by Gasteiger charge is 2.32. The number of nitrogens with one attached hydrogen (secondary N) is 1. The molecule has 0 aliphatic carbocycles. The first-order chi connectivity index (χ1) is 7.02. The van der Waals surface area contributed by atoms with Crippen molar-refractivity contribution in [2.75, 3.05) is 0 Å². The van der Waals surface area contributed by atoms with Gasteiger partial charge in [-0.05, 0) is 17.7 Å². The number of hydroxylamine groups is 1. The maximum Gasteiger partial charge on any atom is 0.246 e. The van der Waals surface area contributed by atoms with Crippen LogP contribution >= 0.6 is 15.9 Å². The van der Waals surface area contributed by atoms with Crippen molar-refractivity contribution >= 4 is 15.9 Å². The minimum atomic E-state index is -0.618. The first-order valence-electron chi connectivity index (χ1n) is 4.59. The molecule has 0 saturated heterocycles. The summed E-state index contributed by atoms with van der Waals surface area (Å²) in [6.07, 6.45) is 0. The predicted octanol–water partition coefficient (Wildman–Crippen LogP) is 2.44. The van der Waals surface area contributed by atoms with Gasteiger partial charge >= 0.3 is 0 Å². The monoisotopic (exact) mass is 273 g/mol. The van der Waals surface area contributed by atoms with E-state index in [9.17, 15) is 0 Å². The molecule has 1 aromatic carbocycles. The lowest BCUT2D eigenvalue weighted by Gasteiger charge is -2.16. The molecule has 0 radical (unpaired) electrons. The highest BCUT2D eigenvalue weighted by molar-refractivity contribution is 9.10. The Morgan fingerprint density at radius 1 is 1.33 bits per heavy atom. The van der Waals surface area contributed by atoms with Crippen molar-refractivity contribution < 1.29 is 14.7 Å². The van der Waals surface area contributed by atoms with E-state index < -0.39 is 5.79 Å². The van der Waals surface area contributed by atoms with Crippen molar-refractivity contribution in [2.45, 2.75) is 26.2 Å². The molecular formula is C10H12BrNO3. The van der Waals surface area contributed by atoms with Gasteiger partial charge in [-0.2, -0.15) is 0 Å². The van der Waals surface area contributed by atoms with Gasteiger partial charge < -0.3 is 14.7 Å². The lowest BCUT2D eigenvalue weighted by atomic mass is 10.2. The molecule has 0 unspecified atom stereocenters. The molecule has 1 heterocycles. The summed E-state index contributed by atoms with van der Waals surface area (Å²) in [4.78, 5) is 0. The van der Waals surface area contributed by atoms with Gasteiger partial charge in [-0.1, -0.05) is 15.9 Å². The van der Waals surface area contributed by atoms with E-state index in [1.165, 1.54) is 0 Å². The molecule has 1 aliphatic heterocycles. The first-order valence-corrected chi connectivity index (χ1v) is 5.38. The van der Waals surface area contributed by atoms with Crippen molar-refractivity contribution in [2.24, 2.45) is 0 Å². The Hall–Kier alpha value is -0.780. The lowest BCUT2D eigenvalue weighted by molar-refractivity contribution is -0.0431. The predicted molar refractivity (Wildman–Crippen MR) is 58.1 cm³/mol. The van der Waals surface area contributed by atoms with Crippen molar-refractivity contribution in [3.05, 3.63) is 22.2 Å². The van der Waals surface area contributed by atoms with Gasteiger partial charge in [0, 0.05) is 24.9 Å². The summed E-state index contributed by atoms with van der Waals surface area (Å²) in [6.45, 7) is 4.06. The van der Waals surface area contributed by atoms with Crippen LogP contribution in [0.2, 0.25) is 0 Å². The second-order valence-corrected chi connectivity index (χ2v) is 4.68. The number of hydrogen-bond acceptors (Lipinski definition) is 4. The second-order valence-electron chi connectivity index (χ2n) is 3.83. The van der Waals surface area contributed by atoms with Crippen LogP contribution in [0.1, 0.15) is 19.4 Å². The molecular weight excluding hydrogens is 262 g/mol. The molecule has 1 aliphatic rings. The van der Waals surface area contributed by atoms with Crippen molar-refractivity contribution in [1.82, 2.24) is 5.48 Å². The molecule has 0 bridgehead atoms. The maximum atomic E-state index is 8.65. The Kier molecular flexibility index (Phi) is 2.62.